The zero-order chi connectivity index (χ0) is 21.0. The van der Waals surface area contributed by atoms with Gasteiger partial charge < -0.3 is 16.0 Å². The molecular formula is C23H29IN6O. The van der Waals surface area contributed by atoms with Gasteiger partial charge in [-0.25, -0.2) is 4.99 Å². The number of carbonyl (C=O) groups excluding carboxylic acids is 1. The van der Waals surface area contributed by atoms with Crippen LogP contribution in [-0.4, -0.2) is 34.7 Å². The molecule has 1 amide bonds. The summed E-state index contributed by atoms with van der Waals surface area (Å²) in [4.78, 5) is 16.8. The lowest BCUT2D eigenvalue weighted by molar-refractivity contribution is -0.116. The van der Waals surface area contributed by atoms with E-state index < -0.39 is 0 Å². The van der Waals surface area contributed by atoms with Crippen molar-refractivity contribution in [3.8, 4) is 0 Å². The van der Waals surface area contributed by atoms with Crippen LogP contribution in [0.25, 0.3) is 0 Å². The molecule has 164 valence electrons. The molecule has 0 spiro atoms. The second-order valence-electron chi connectivity index (χ2n) is 6.81. The number of amides is 1. The number of halogens is 1. The van der Waals surface area contributed by atoms with Gasteiger partial charge in [0.15, 0.2) is 5.96 Å². The first-order chi connectivity index (χ1) is 14.7. The second kappa shape index (κ2) is 13.4. The average molecular weight is 532 g/mol. The van der Waals surface area contributed by atoms with Crippen LogP contribution >= 0.6 is 24.0 Å². The van der Waals surface area contributed by atoms with Crippen LogP contribution in [0, 0.1) is 0 Å². The molecule has 0 saturated heterocycles. The molecule has 0 saturated carbocycles. The van der Waals surface area contributed by atoms with Crippen LogP contribution in [0.3, 0.4) is 0 Å². The Bertz CT molecular complexity index is 944. The maximum absolute atomic E-state index is 12.2. The van der Waals surface area contributed by atoms with Gasteiger partial charge in [-0.15, -0.1) is 24.0 Å². The van der Waals surface area contributed by atoms with Gasteiger partial charge >= 0.3 is 0 Å². The Morgan fingerprint density at radius 3 is 2.58 bits per heavy atom. The number of nitrogens with one attached hydrogen (secondary N) is 3. The first-order valence-electron chi connectivity index (χ1n) is 10.2. The highest BCUT2D eigenvalue weighted by atomic mass is 127. The Hall–Kier alpha value is -2.88. The van der Waals surface area contributed by atoms with Gasteiger partial charge in [-0.05, 0) is 42.7 Å². The molecule has 31 heavy (non-hydrogen) atoms. The largest absolute Gasteiger partial charge is 0.357 e. The Morgan fingerprint density at radius 2 is 1.84 bits per heavy atom. The summed E-state index contributed by atoms with van der Waals surface area (Å²) in [5.74, 6) is 0.664. The van der Waals surface area contributed by atoms with Gasteiger partial charge in [0.25, 0.3) is 0 Å². The number of anilines is 1. The number of hydrogen-bond acceptors (Lipinski definition) is 3. The van der Waals surface area contributed by atoms with Gasteiger partial charge in [0, 0.05) is 31.2 Å². The maximum atomic E-state index is 12.2. The zero-order valence-corrected chi connectivity index (χ0v) is 20.0. The number of benzene rings is 2. The van der Waals surface area contributed by atoms with E-state index in [0.717, 1.165) is 36.7 Å². The second-order valence-corrected chi connectivity index (χ2v) is 6.81. The molecule has 0 aliphatic carbocycles. The zero-order valence-electron chi connectivity index (χ0n) is 17.6. The summed E-state index contributed by atoms with van der Waals surface area (Å²) in [6, 6.07) is 19.9. The lowest BCUT2D eigenvalue weighted by atomic mass is 10.1. The van der Waals surface area contributed by atoms with Crippen molar-refractivity contribution in [1.29, 1.82) is 0 Å². The summed E-state index contributed by atoms with van der Waals surface area (Å²) < 4.78 is 1.59. The standard InChI is InChI=1S/C23H28N6O.HI/c1-2-24-23(25-14-12-19-8-4-3-5-9-19)26-17-20-10-6-11-21(16-20)28-22(30)18-29-15-7-13-27-29;/h3-11,13,15-16H,2,12,14,17-18H2,1H3,(H,28,30)(H2,24,25,26);1H. The molecule has 3 N–H and O–H groups in total. The Morgan fingerprint density at radius 1 is 1.03 bits per heavy atom. The number of nitrogens with zero attached hydrogens (tertiary/aromatic N) is 3. The smallest absolute Gasteiger partial charge is 0.246 e. The van der Waals surface area contributed by atoms with Crippen molar-refractivity contribution < 1.29 is 4.79 Å². The summed E-state index contributed by atoms with van der Waals surface area (Å²) in [6.45, 7) is 4.35. The van der Waals surface area contributed by atoms with E-state index >= 15 is 0 Å². The van der Waals surface area contributed by atoms with Crippen molar-refractivity contribution in [1.82, 2.24) is 20.4 Å². The van der Waals surface area contributed by atoms with E-state index in [1.54, 1.807) is 23.1 Å². The first-order valence-corrected chi connectivity index (χ1v) is 10.2. The van der Waals surface area contributed by atoms with Crippen LogP contribution in [0.1, 0.15) is 18.1 Å². The summed E-state index contributed by atoms with van der Waals surface area (Å²) in [5.41, 5.74) is 3.06. The number of hydrogen-bond donors (Lipinski definition) is 3. The lowest BCUT2D eigenvalue weighted by Crippen LogP contribution is -2.38. The summed E-state index contributed by atoms with van der Waals surface area (Å²) >= 11 is 0. The summed E-state index contributed by atoms with van der Waals surface area (Å²) in [5, 5.41) is 13.6. The third-order valence-corrected chi connectivity index (χ3v) is 4.39. The topological polar surface area (TPSA) is 83.3 Å². The third-order valence-electron chi connectivity index (χ3n) is 4.39. The number of aliphatic imine (C=N–C) groups is 1. The molecule has 0 fully saturated rings. The molecule has 0 unspecified atom stereocenters. The molecule has 7 nitrogen and oxygen atoms in total. The minimum Gasteiger partial charge on any atom is -0.357 e. The Labute approximate surface area is 200 Å². The fourth-order valence-corrected chi connectivity index (χ4v) is 2.97. The van der Waals surface area contributed by atoms with Crippen LogP contribution in [-0.2, 0) is 24.3 Å². The third kappa shape index (κ3) is 8.79. The molecular weight excluding hydrogens is 503 g/mol. The summed E-state index contributed by atoms with van der Waals surface area (Å²) in [6.07, 6.45) is 4.35. The number of rotatable bonds is 9. The van der Waals surface area contributed by atoms with Crippen LogP contribution in [0.4, 0.5) is 5.69 Å². The average Bonchev–Trinajstić information content (AvgIpc) is 3.26. The van der Waals surface area contributed by atoms with E-state index in [-0.39, 0.29) is 36.4 Å². The minimum absolute atomic E-state index is 0. The minimum atomic E-state index is -0.115. The van der Waals surface area contributed by atoms with Gasteiger partial charge in [0.05, 0.1) is 6.54 Å². The fourth-order valence-electron chi connectivity index (χ4n) is 2.97. The van der Waals surface area contributed by atoms with Crippen LogP contribution in [0.15, 0.2) is 78.0 Å². The van der Waals surface area contributed by atoms with E-state index in [1.807, 2.05) is 37.3 Å². The van der Waals surface area contributed by atoms with Gasteiger partial charge in [-0.1, -0.05) is 42.5 Å². The molecule has 1 heterocycles. The van der Waals surface area contributed by atoms with Crippen molar-refractivity contribution >= 4 is 41.5 Å². The van der Waals surface area contributed by atoms with Crippen molar-refractivity contribution in [2.45, 2.75) is 26.4 Å². The highest BCUT2D eigenvalue weighted by Gasteiger charge is 2.05. The van der Waals surface area contributed by atoms with Crippen molar-refractivity contribution in [2.24, 2.45) is 4.99 Å². The van der Waals surface area contributed by atoms with Gasteiger partial charge in [0.2, 0.25) is 5.91 Å². The number of carbonyl (C=O) groups is 1. The van der Waals surface area contributed by atoms with E-state index in [4.69, 9.17) is 0 Å². The molecule has 0 aliphatic heterocycles. The molecule has 1 aromatic heterocycles. The van der Waals surface area contributed by atoms with Crippen molar-refractivity contribution in [3.63, 3.8) is 0 Å². The van der Waals surface area contributed by atoms with E-state index in [9.17, 15) is 4.79 Å². The lowest BCUT2D eigenvalue weighted by Gasteiger charge is -2.12. The summed E-state index contributed by atoms with van der Waals surface area (Å²) in [7, 11) is 0. The van der Waals surface area contributed by atoms with Crippen LogP contribution in [0.5, 0.6) is 0 Å². The highest BCUT2D eigenvalue weighted by molar-refractivity contribution is 14.0. The van der Waals surface area contributed by atoms with Crippen molar-refractivity contribution in [3.05, 3.63) is 84.2 Å². The van der Waals surface area contributed by atoms with E-state index in [0.29, 0.717) is 6.54 Å². The SMILES string of the molecule is CCNC(=NCc1cccc(NC(=O)Cn2cccn2)c1)NCCc1ccccc1.I. The molecule has 0 aliphatic rings. The highest BCUT2D eigenvalue weighted by Crippen LogP contribution is 2.12. The predicted octanol–water partition coefficient (Wildman–Crippen LogP) is 3.44. The molecule has 0 bridgehead atoms. The van der Waals surface area contributed by atoms with Crippen molar-refractivity contribution in [2.75, 3.05) is 18.4 Å². The molecule has 0 radical (unpaired) electrons. The number of guanidine groups is 1. The van der Waals surface area contributed by atoms with Gasteiger partial charge in [0.1, 0.15) is 6.54 Å². The molecule has 8 heteroatoms. The monoisotopic (exact) mass is 532 g/mol. The predicted molar refractivity (Wildman–Crippen MR) is 136 cm³/mol. The molecule has 3 rings (SSSR count). The normalized spacial score (nSPS) is 10.8. The first kappa shape index (κ1) is 24.4. The molecule has 0 atom stereocenters. The van der Waals surface area contributed by atoms with Crippen LogP contribution < -0.4 is 16.0 Å². The molecule has 2 aromatic carbocycles. The Balaban J connectivity index is 0.00000341. The molecule has 3 aromatic rings. The Kier molecular flexibility index (Phi) is 10.6. The fraction of sp³-hybridized carbons (Fsp3) is 0.261. The quantitative estimate of drug-likeness (QED) is 0.224. The van der Waals surface area contributed by atoms with Crippen LogP contribution in [0.2, 0.25) is 0 Å². The van der Waals surface area contributed by atoms with Gasteiger partial charge in [-0.2, -0.15) is 5.10 Å². The van der Waals surface area contributed by atoms with E-state index in [1.165, 1.54) is 5.56 Å². The number of aromatic nitrogens is 2. The maximum Gasteiger partial charge on any atom is 0.246 e. The van der Waals surface area contributed by atoms with Gasteiger partial charge in [-0.3, -0.25) is 9.48 Å². The van der Waals surface area contributed by atoms with E-state index in [2.05, 4.69) is 50.3 Å².